The fourth-order valence-corrected chi connectivity index (χ4v) is 4.56. The van der Waals surface area contributed by atoms with Gasteiger partial charge in [-0.3, -0.25) is 0 Å². The van der Waals surface area contributed by atoms with E-state index in [1.54, 1.807) is 42.5 Å². The molecule has 1 N–H and O–H groups in total. The number of hydrogen-bond donors (Lipinski definition) is 1. The molecule has 7 heteroatoms. The van der Waals surface area contributed by atoms with E-state index in [0.717, 1.165) is 16.9 Å². The average Bonchev–Trinajstić information content (AvgIpc) is 2.96. The van der Waals surface area contributed by atoms with Crippen molar-refractivity contribution in [2.75, 3.05) is 0 Å². The summed E-state index contributed by atoms with van der Waals surface area (Å²) >= 11 is 12.3. The van der Waals surface area contributed by atoms with Gasteiger partial charge >= 0.3 is 0 Å². The zero-order chi connectivity index (χ0) is 18.9. The fraction of sp³-hybridized carbons (Fsp3) is 0.263. The monoisotopic (exact) mass is 411 g/mol. The van der Waals surface area contributed by atoms with Gasteiger partial charge in [0, 0.05) is 5.56 Å². The molecule has 2 atom stereocenters. The van der Waals surface area contributed by atoms with Crippen LogP contribution in [0.15, 0.2) is 59.2 Å². The van der Waals surface area contributed by atoms with Crippen LogP contribution in [0.1, 0.15) is 20.3 Å². The van der Waals surface area contributed by atoms with Crippen LogP contribution in [0.25, 0.3) is 11.1 Å². The van der Waals surface area contributed by atoms with Crippen LogP contribution < -0.4 is 4.72 Å². The molecule has 0 aromatic heterocycles. The van der Waals surface area contributed by atoms with Crippen molar-refractivity contribution in [2.24, 2.45) is 0 Å². The quantitative estimate of drug-likeness (QED) is 0.750. The Morgan fingerprint density at radius 3 is 2.46 bits per heavy atom. The van der Waals surface area contributed by atoms with Crippen molar-refractivity contribution in [2.45, 2.75) is 37.3 Å². The van der Waals surface area contributed by atoms with Crippen LogP contribution in [0, 0.1) is 0 Å². The van der Waals surface area contributed by atoms with Crippen molar-refractivity contribution >= 4 is 33.2 Å². The Kier molecular flexibility index (Phi) is 5.63. The summed E-state index contributed by atoms with van der Waals surface area (Å²) in [6.45, 7) is 3.78. The second-order valence-electron chi connectivity index (χ2n) is 6.11. The van der Waals surface area contributed by atoms with Gasteiger partial charge in [0.15, 0.2) is 0 Å². The Bertz CT molecular complexity index is 940. The Balaban J connectivity index is 1.84. The minimum atomic E-state index is -3.66. The smallest absolute Gasteiger partial charge is 0.241 e. The molecule has 0 radical (unpaired) electrons. The molecule has 2 aromatic carbocycles. The molecule has 3 rings (SSSR count). The van der Waals surface area contributed by atoms with E-state index >= 15 is 0 Å². The highest BCUT2D eigenvalue weighted by molar-refractivity contribution is 7.89. The van der Waals surface area contributed by atoms with E-state index in [9.17, 15) is 8.42 Å². The van der Waals surface area contributed by atoms with E-state index in [2.05, 4.69) is 4.72 Å². The van der Waals surface area contributed by atoms with E-state index in [1.165, 1.54) is 0 Å². The van der Waals surface area contributed by atoms with Crippen LogP contribution in [0.4, 0.5) is 0 Å². The van der Waals surface area contributed by atoms with Crippen LogP contribution in [0.3, 0.4) is 0 Å². The molecule has 0 fully saturated rings. The van der Waals surface area contributed by atoms with Crippen LogP contribution in [0.2, 0.25) is 10.0 Å². The van der Waals surface area contributed by atoms with Crippen molar-refractivity contribution in [3.05, 3.63) is 64.3 Å². The van der Waals surface area contributed by atoms with Crippen LogP contribution in [-0.2, 0) is 14.8 Å². The van der Waals surface area contributed by atoms with Crippen LogP contribution in [-0.4, -0.2) is 20.6 Å². The first-order valence-corrected chi connectivity index (χ1v) is 10.5. The third-order valence-corrected chi connectivity index (χ3v) is 6.57. The zero-order valence-electron chi connectivity index (χ0n) is 14.4. The lowest BCUT2D eigenvalue weighted by Crippen LogP contribution is -2.40. The predicted molar refractivity (Wildman–Crippen MR) is 105 cm³/mol. The molecule has 0 amide bonds. The second kappa shape index (κ2) is 7.61. The molecule has 4 nitrogen and oxygen atoms in total. The van der Waals surface area contributed by atoms with Gasteiger partial charge in [-0.05, 0) is 43.2 Å². The van der Waals surface area contributed by atoms with Gasteiger partial charge in [0.2, 0.25) is 10.0 Å². The largest absolute Gasteiger partial charge is 0.493 e. The topological polar surface area (TPSA) is 55.4 Å². The Morgan fingerprint density at radius 2 is 1.81 bits per heavy atom. The van der Waals surface area contributed by atoms with Crippen LogP contribution >= 0.6 is 23.2 Å². The maximum absolute atomic E-state index is 12.7. The second-order valence-corrected chi connectivity index (χ2v) is 8.61. The molecule has 1 aliphatic heterocycles. The molecule has 2 unspecified atom stereocenters. The highest BCUT2D eigenvalue weighted by Crippen LogP contribution is 2.33. The number of ether oxygens (including phenoxy) is 1. The molecule has 2 aromatic rings. The highest BCUT2D eigenvalue weighted by Gasteiger charge is 2.30. The molecule has 26 heavy (non-hydrogen) atoms. The van der Waals surface area contributed by atoms with Crippen LogP contribution in [0.5, 0.6) is 0 Å². The summed E-state index contributed by atoms with van der Waals surface area (Å²) in [7, 11) is -3.66. The summed E-state index contributed by atoms with van der Waals surface area (Å²) in [5.74, 6) is 0.732. The Labute approximate surface area is 163 Å². The van der Waals surface area contributed by atoms with Gasteiger partial charge in [0.1, 0.15) is 6.10 Å². The lowest BCUT2D eigenvalue weighted by molar-refractivity contribution is 0.126. The average molecular weight is 412 g/mol. The van der Waals surface area contributed by atoms with Crippen molar-refractivity contribution in [1.29, 1.82) is 0 Å². The Hall–Kier alpha value is -1.53. The molecule has 1 aliphatic rings. The predicted octanol–water partition coefficient (Wildman–Crippen LogP) is 5.02. The van der Waals surface area contributed by atoms with E-state index in [4.69, 9.17) is 27.9 Å². The number of rotatable bonds is 5. The number of allylic oxidation sites excluding steroid dienone is 1. The number of benzene rings is 2. The first kappa shape index (κ1) is 19.2. The molecule has 0 spiro atoms. The number of halogens is 2. The molecule has 138 valence electrons. The van der Waals surface area contributed by atoms with Crippen molar-refractivity contribution in [3.8, 4) is 11.1 Å². The van der Waals surface area contributed by atoms with Crippen molar-refractivity contribution in [3.63, 3.8) is 0 Å². The molecule has 0 saturated heterocycles. The maximum Gasteiger partial charge on any atom is 0.241 e. The van der Waals surface area contributed by atoms with Gasteiger partial charge < -0.3 is 4.74 Å². The summed E-state index contributed by atoms with van der Waals surface area (Å²) < 4.78 is 33.7. The summed E-state index contributed by atoms with van der Waals surface area (Å²) in [5, 5.41) is 0.897. The van der Waals surface area contributed by atoms with E-state index in [0.29, 0.717) is 16.5 Å². The van der Waals surface area contributed by atoms with Crippen molar-refractivity contribution < 1.29 is 13.2 Å². The molecule has 1 heterocycles. The third kappa shape index (κ3) is 3.91. The first-order chi connectivity index (χ1) is 12.3. The van der Waals surface area contributed by atoms with Gasteiger partial charge in [0.05, 0.1) is 26.7 Å². The van der Waals surface area contributed by atoms with Gasteiger partial charge in [0.25, 0.3) is 0 Å². The lowest BCUT2D eigenvalue weighted by atomic mass is 10.1. The van der Waals surface area contributed by atoms with Gasteiger partial charge in [-0.2, -0.15) is 0 Å². The Morgan fingerprint density at radius 1 is 1.12 bits per heavy atom. The highest BCUT2D eigenvalue weighted by atomic mass is 35.5. The molecular formula is C19H19Cl2NO3S. The van der Waals surface area contributed by atoms with E-state index in [1.807, 2.05) is 19.9 Å². The molecule has 0 aliphatic carbocycles. The zero-order valence-corrected chi connectivity index (χ0v) is 16.7. The normalized spacial score (nSPS) is 19.9. The number of hydrogen-bond acceptors (Lipinski definition) is 3. The number of nitrogens with one attached hydrogen (secondary N) is 1. The standard InChI is InChI=1S/C19H19Cl2NO3S/c1-3-18-17(11-12(2)25-18)22-26(23,24)14-9-7-13(8-10-14)15-5-4-6-16(20)19(15)21/h4-11,17-18,22H,3H2,1-2H3. The first-order valence-electron chi connectivity index (χ1n) is 8.23. The minimum Gasteiger partial charge on any atom is -0.493 e. The minimum absolute atomic E-state index is 0.186. The summed E-state index contributed by atoms with van der Waals surface area (Å²) in [6, 6.07) is 11.5. The lowest BCUT2D eigenvalue weighted by Gasteiger charge is -2.19. The van der Waals surface area contributed by atoms with Crippen molar-refractivity contribution in [1.82, 2.24) is 4.72 Å². The molecule has 0 bridgehead atoms. The molecular weight excluding hydrogens is 393 g/mol. The van der Waals surface area contributed by atoms with E-state index in [-0.39, 0.29) is 17.0 Å². The third-order valence-electron chi connectivity index (χ3n) is 4.27. The van der Waals surface area contributed by atoms with Gasteiger partial charge in [-0.1, -0.05) is 54.4 Å². The van der Waals surface area contributed by atoms with Gasteiger partial charge in [-0.15, -0.1) is 0 Å². The van der Waals surface area contributed by atoms with E-state index < -0.39 is 10.0 Å². The summed E-state index contributed by atoms with van der Waals surface area (Å²) in [5.41, 5.74) is 1.55. The SMILES string of the molecule is CCC1OC(C)=CC1NS(=O)(=O)c1ccc(-c2cccc(Cl)c2Cl)cc1. The maximum atomic E-state index is 12.7. The number of sulfonamides is 1. The van der Waals surface area contributed by atoms with Gasteiger partial charge in [-0.25, -0.2) is 13.1 Å². The fourth-order valence-electron chi connectivity index (χ4n) is 2.95. The summed E-state index contributed by atoms with van der Waals surface area (Å²) in [6.07, 6.45) is 2.33. The molecule has 0 saturated carbocycles. The summed E-state index contributed by atoms with van der Waals surface area (Å²) in [4.78, 5) is 0.187.